The molecule has 1 amide bonds. The average Bonchev–Trinajstić information content (AvgIpc) is 2.54. The predicted molar refractivity (Wildman–Crippen MR) is 83.8 cm³/mol. The third kappa shape index (κ3) is 2.77. The third-order valence-electron chi connectivity index (χ3n) is 4.71. The fourth-order valence-corrected chi connectivity index (χ4v) is 5.20. The van der Waals surface area contributed by atoms with E-state index in [1.165, 1.54) is 9.87 Å². The molecule has 1 heterocycles. The molecule has 0 radical (unpaired) electrons. The maximum Gasteiger partial charge on any atom is 0.243 e. The Labute approximate surface area is 131 Å². The molecule has 22 heavy (non-hydrogen) atoms. The highest BCUT2D eigenvalue weighted by Crippen LogP contribution is 2.29. The summed E-state index contributed by atoms with van der Waals surface area (Å²) >= 11 is 0. The molecule has 1 aliphatic carbocycles. The van der Waals surface area contributed by atoms with Crippen LogP contribution in [0.4, 0.5) is 0 Å². The summed E-state index contributed by atoms with van der Waals surface area (Å²) in [5, 5.41) is 0. The van der Waals surface area contributed by atoms with E-state index in [1.807, 2.05) is 6.07 Å². The molecule has 1 atom stereocenters. The van der Waals surface area contributed by atoms with Gasteiger partial charge in [0, 0.05) is 6.54 Å². The second-order valence-corrected chi connectivity index (χ2v) is 8.06. The summed E-state index contributed by atoms with van der Waals surface area (Å²) in [5.41, 5.74) is 7.77. The van der Waals surface area contributed by atoms with Gasteiger partial charge in [-0.25, -0.2) is 8.42 Å². The van der Waals surface area contributed by atoms with Crippen LogP contribution < -0.4 is 5.73 Å². The Bertz CT molecular complexity index is 685. The molecule has 1 aromatic rings. The van der Waals surface area contributed by atoms with Crippen LogP contribution in [0.5, 0.6) is 0 Å². The molecule has 1 aliphatic heterocycles. The van der Waals surface area contributed by atoms with Crippen molar-refractivity contribution in [2.75, 3.05) is 6.54 Å². The van der Waals surface area contributed by atoms with Gasteiger partial charge in [0.2, 0.25) is 15.9 Å². The highest BCUT2D eigenvalue weighted by atomic mass is 32.2. The number of rotatable bonds is 3. The normalized spacial score (nSPS) is 23.0. The van der Waals surface area contributed by atoms with Crippen molar-refractivity contribution in [2.45, 2.75) is 55.9 Å². The lowest BCUT2D eigenvalue weighted by atomic mass is 9.92. The minimum absolute atomic E-state index is 0.293. The molecule has 0 aromatic heterocycles. The number of hydrogen-bond donors (Lipinski definition) is 1. The number of carbonyl (C=O) groups is 1. The first-order valence-corrected chi connectivity index (χ1v) is 9.37. The first-order valence-electron chi connectivity index (χ1n) is 7.93. The summed E-state index contributed by atoms with van der Waals surface area (Å²) in [5.74, 6) is -0.554. The van der Waals surface area contributed by atoms with Gasteiger partial charge in [-0.2, -0.15) is 4.31 Å². The highest BCUT2D eigenvalue weighted by molar-refractivity contribution is 7.89. The number of amides is 1. The SMILES string of the molecule is NC(=O)[C@H]1CCCCN1S(=O)(=O)c1ccc2c(c1)CCCC2. The summed E-state index contributed by atoms with van der Waals surface area (Å²) in [6.45, 7) is 0.368. The Morgan fingerprint density at radius 2 is 1.82 bits per heavy atom. The molecule has 120 valence electrons. The van der Waals surface area contributed by atoms with Crippen molar-refractivity contribution in [3.05, 3.63) is 29.3 Å². The molecule has 1 aromatic carbocycles. The number of aryl methyl sites for hydroxylation is 2. The molecule has 6 heteroatoms. The highest BCUT2D eigenvalue weighted by Gasteiger charge is 2.36. The largest absolute Gasteiger partial charge is 0.368 e. The maximum absolute atomic E-state index is 12.9. The molecular formula is C16H22N2O3S. The molecule has 5 nitrogen and oxygen atoms in total. The molecular weight excluding hydrogens is 300 g/mol. The zero-order chi connectivity index (χ0) is 15.7. The van der Waals surface area contributed by atoms with Crippen molar-refractivity contribution in [3.63, 3.8) is 0 Å². The van der Waals surface area contributed by atoms with Crippen LogP contribution in [-0.4, -0.2) is 31.2 Å². The van der Waals surface area contributed by atoms with Crippen molar-refractivity contribution in [1.29, 1.82) is 0 Å². The van der Waals surface area contributed by atoms with Crippen LogP contribution >= 0.6 is 0 Å². The molecule has 1 fully saturated rings. The second-order valence-electron chi connectivity index (χ2n) is 6.17. The number of carbonyl (C=O) groups excluding carboxylic acids is 1. The Morgan fingerprint density at radius 3 is 2.55 bits per heavy atom. The van der Waals surface area contributed by atoms with Crippen LogP contribution in [0.1, 0.15) is 43.2 Å². The minimum Gasteiger partial charge on any atom is -0.368 e. The van der Waals surface area contributed by atoms with Crippen molar-refractivity contribution >= 4 is 15.9 Å². The Hall–Kier alpha value is -1.40. The molecule has 2 aliphatic rings. The van der Waals surface area contributed by atoms with E-state index < -0.39 is 22.0 Å². The first kappa shape index (κ1) is 15.5. The smallest absolute Gasteiger partial charge is 0.243 e. The van der Waals surface area contributed by atoms with Gasteiger partial charge in [-0.3, -0.25) is 4.79 Å². The van der Waals surface area contributed by atoms with Crippen molar-refractivity contribution in [2.24, 2.45) is 5.73 Å². The van der Waals surface area contributed by atoms with Crippen molar-refractivity contribution in [1.82, 2.24) is 4.31 Å². The Morgan fingerprint density at radius 1 is 1.09 bits per heavy atom. The van der Waals surface area contributed by atoms with Crippen LogP contribution in [0.2, 0.25) is 0 Å². The number of nitrogens with two attached hydrogens (primary N) is 1. The first-order chi connectivity index (χ1) is 10.5. The zero-order valence-electron chi connectivity index (χ0n) is 12.6. The number of fused-ring (bicyclic) bond motifs is 1. The van der Waals surface area contributed by atoms with E-state index >= 15 is 0 Å². The second kappa shape index (κ2) is 6.01. The molecule has 1 saturated heterocycles. The predicted octanol–water partition coefficient (Wildman–Crippen LogP) is 1.59. The van der Waals surface area contributed by atoms with Gasteiger partial charge in [0.1, 0.15) is 6.04 Å². The van der Waals surface area contributed by atoms with E-state index in [2.05, 4.69) is 0 Å². The van der Waals surface area contributed by atoms with E-state index in [4.69, 9.17) is 5.73 Å². The van der Waals surface area contributed by atoms with Crippen LogP contribution in [0, 0.1) is 0 Å². The van der Waals surface area contributed by atoms with Gasteiger partial charge in [0.25, 0.3) is 0 Å². The van der Waals surface area contributed by atoms with E-state index in [1.54, 1.807) is 12.1 Å². The summed E-state index contributed by atoms with van der Waals surface area (Å²) in [6.07, 6.45) is 6.33. The number of sulfonamides is 1. The maximum atomic E-state index is 12.9. The zero-order valence-corrected chi connectivity index (χ0v) is 13.4. The summed E-state index contributed by atoms with van der Waals surface area (Å²) in [4.78, 5) is 11.9. The van der Waals surface area contributed by atoms with Gasteiger partial charge in [-0.05, 0) is 61.8 Å². The van der Waals surface area contributed by atoms with Gasteiger partial charge in [-0.15, -0.1) is 0 Å². The lowest BCUT2D eigenvalue weighted by molar-refractivity contribution is -0.122. The van der Waals surface area contributed by atoms with E-state index in [-0.39, 0.29) is 0 Å². The Kier molecular flexibility index (Phi) is 4.23. The molecule has 3 rings (SSSR count). The van der Waals surface area contributed by atoms with Gasteiger partial charge in [-0.1, -0.05) is 12.5 Å². The lowest BCUT2D eigenvalue weighted by Gasteiger charge is -2.32. The van der Waals surface area contributed by atoms with E-state index in [9.17, 15) is 13.2 Å². The van der Waals surface area contributed by atoms with Crippen LogP contribution in [-0.2, 0) is 27.7 Å². The molecule has 0 bridgehead atoms. The topological polar surface area (TPSA) is 80.5 Å². The number of piperidine rings is 1. The number of benzene rings is 1. The van der Waals surface area contributed by atoms with Crippen molar-refractivity contribution < 1.29 is 13.2 Å². The minimum atomic E-state index is -3.66. The fourth-order valence-electron chi connectivity index (χ4n) is 3.48. The van der Waals surface area contributed by atoms with Crippen molar-refractivity contribution in [3.8, 4) is 0 Å². The molecule has 0 spiro atoms. The summed E-state index contributed by atoms with van der Waals surface area (Å²) in [7, 11) is -3.66. The van der Waals surface area contributed by atoms with Gasteiger partial charge >= 0.3 is 0 Å². The summed E-state index contributed by atoms with van der Waals surface area (Å²) in [6, 6.07) is 4.67. The standard InChI is InChI=1S/C16H22N2O3S/c17-16(19)15-7-3-4-10-18(15)22(20,21)14-9-8-12-5-1-2-6-13(12)11-14/h8-9,11,15H,1-7,10H2,(H2,17,19)/t15-/m1/s1. The monoisotopic (exact) mass is 322 g/mol. The lowest BCUT2D eigenvalue weighted by Crippen LogP contribution is -2.50. The van der Waals surface area contributed by atoms with Gasteiger partial charge in [0.15, 0.2) is 0 Å². The van der Waals surface area contributed by atoms with Gasteiger partial charge in [0.05, 0.1) is 4.90 Å². The van der Waals surface area contributed by atoms with Crippen LogP contribution in [0.15, 0.2) is 23.1 Å². The van der Waals surface area contributed by atoms with Crippen LogP contribution in [0.25, 0.3) is 0 Å². The summed E-state index contributed by atoms with van der Waals surface area (Å²) < 4.78 is 27.1. The Balaban J connectivity index is 1.96. The molecule has 0 saturated carbocycles. The number of primary amides is 1. The number of nitrogens with zero attached hydrogens (tertiary/aromatic N) is 1. The average molecular weight is 322 g/mol. The van der Waals surface area contributed by atoms with E-state index in [0.717, 1.165) is 44.1 Å². The third-order valence-corrected chi connectivity index (χ3v) is 6.61. The number of hydrogen-bond acceptors (Lipinski definition) is 3. The van der Waals surface area contributed by atoms with E-state index in [0.29, 0.717) is 17.9 Å². The molecule has 2 N–H and O–H groups in total. The fraction of sp³-hybridized carbons (Fsp3) is 0.562. The molecule has 0 unspecified atom stereocenters. The van der Waals surface area contributed by atoms with Crippen LogP contribution in [0.3, 0.4) is 0 Å². The van der Waals surface area contributed by atoms with Gasteiger partial charge < -0.3 is 5.73 Å². The quantitative estimate of drug-likeness (QED) is 0.917.